The van der Waals surface area contributed by atoms with Gasteiger partial charge in [0.05, 0.1) is 0 Å². The first-order chi connectivity index (χ1) is 5.86. The quantitative estimate of drug-likeness (QED) is 0.787. The molecule has 1 aromatic carbocycles. The Bertz CT molecular complexity index is 254. The fraction of sp³-hybridized carbons (Fsp3) is 0.400. The van der Waals surface area contributed by atoms with E-state index in [0.29, 0.717) is 0 Å². The van der Waals surface area contributed by atoms with E-state index in [9.17, 15) is 0 Å². The molecule has 1 atom stereocenters. The molecule has 1 fully saturated rings. The molecular formula is C10H13ClIN. The van der Waals surface area contributed by atoms with Gasteiger partial charge in [0.25, 0.3) is 0 Å². The average molecular weight is 310 g/mol. The maximum absolute atomic E-state index is 3.38. The lowest BCUT2D eigenvalue weighted by Gasteiger charge is -2.07. The van der Waals surface area contributed by atoms with Crippen LogP contribution in [0.1, 0.15) is 17.9 Å². The molecule has 13 heavy (non-hydrogen) atoms. The highest BCUT2D eigenvalue weighted by molar-refractivity contribution is 14.1. The van der Waals surface area contributed by atoms with Crippen LogP contribution in [0.3, 0.4) is 0 Å². The molecule has 1 aliphatic heterocycles. The molecule has 1 unspecified atom stereocenters. The molecule has 1 N–H and O–H groups in total. The van der Waals surface area contributed by atoms with Gasteiger partial charge in [-0.2, -0.15) is 0 Å². The van der Waals surface area contributed by atoms with Crippen molar-refractivity contribution in [2.24, 2.45) is 0 Å². The van der Waals surface area contributed by atoms with E-state index in [1.54, 1.807) is 0 Å². The summed E-state index contributed by atoms with van der Waals surface area (Å²) in [6, 6.07) is 8.88. The smallest absolute Gasteiger partial charge is 0.0130 e. The van der Waals surface area contributed by atoms with Gasteiger partial charge in [-0.05, 0) is 59.2 Å². The first kappa shape index (κ1) is 11.3. The number of hydrogen-bond donors (Lipinski definition) is 1. The van der Waals surface area contributed by atoms with Crippen molar-refractivity contribution < 1.29 is 0 Å². The minimum Gasteiger partial charge on any atom is -0.316 e. The Kier molecular flexibility index (Phi) is 4.49. The number of halogens is 2. The second-order valence-corrected chi connectivity index (χ2v) is 4.49. The zero-order valence-corrected chi connectivity index (χ0v) is 10.3. The fourth-order valence-electron chi connectivity index (χ4n) is 1.67. The molecule has 0 saturated carbocycles. The molecule has 3 heteroatoms. The Labute approximate surface area is 98.9 Å². The largest absolute Gasteiger partial charge is 0.316 e. The van der Waals surface area contributed by atoms with Crippen molar-refractivity contribution in [3.63, 3.8) is 0 Å². The van der Waals surface area contributed by atoms with Crippen molar-refractivity contribution >= 4 is 35.0 Å². The summed E-state index contributed by atoms with van der Waals surface area (Å²) in [7, 11) is 0. The molecule has 0 aliphatic carbocycles. The first-order valence-electron chi connectivity index (χ1n) is 4.32. The Hall–Kier alpha value is 0.200. The molecule has 0 bridgehead atoms. The number of benzene rings is 1. The lowest BCUT2D eigenvalue weighted by atomic mass is 9.99. The maximum atomic E-state index is 3.38. The number of hydrogen-bond acceptors (Lipinski definition) is 1. The van der Waals surface area contributed by atoms with Crippen LogP contribution in [0.5, 0.6) is 0 Å². The Morgan fingerprint density at radius 1 is 1.23 bits per heavy atom. The third-order valence-electron chi connectivity index (χ3n) is 2.40. The van der Waals surface area contributed by atoms with Gasteiger partial charge >= 0.3 is 0 Å². The van der Waals surface area contributed by atoms with Crippen LogP contribution in [0.2, 0.25) is 0 Å². The van der Waals surface area contributed by atoms with Crippen LogP contribution >= 0.6 is 35.0 Å². The van der Waals surface area contributed by atoms with Crippen LogP contribution in [0.4, 0.5) is 0 Å². The molecule has 2 rings (SSSR count). The molecule has 0 amide bonds. The summed E-state index contributed by atoms with van der Waals surface area (Å²) in [6.45, 7) is 2.33. The van der Waals surface area contributed by atoms with Gasteiger partial charge in [0, 0.05) is 10.1 Å². The van der Waals surface area contributed by atoms with E-state index in [2.05, 4.69) is 52.2 Å². The molecular weight excluding hydrogens is 296 g/mol. The zero-order chi connectivity index (χ0) is 8.39. The van der Waals surface area contributed by atoms with Gasteiger partial charge in [-0.15, -0.1) is 12.4 Å². The summed E-state index contributed by atoms with van der Waals surface area (Å²) >= 11 is 2.34. The minimum absolute atomic E-state index is 0. The summed E-state index contributed by atoms with van der Waals surface area (Å²) in [5.74, 6) is 0.752. The molecule has 1 aliphatic rings. The first-order valence-corrected chi connectivity index (χ1v) is 5.40. The molecule has 0 spiro atoms. The number of rotatable bonds is 1. The highest BCUT2D eigenvalue weighted by Gasteiger charge is 2.15. The highest BCUT2D eigenvalue weighted by Crippen LogP contribution is 2.22. The standard InChI is InChI=1S/C10H12IN.ClH/c11-10-3-1-8(2-4-10)9-5-6-12-7-9;/h1-4,9,12H,5-7H2;1H. The monoisotopic (exact) mass is 309 g/mol. The van der Waals surface area contributed by atoms with E-state index in [1.165, 1.54) is 22.1 Å². The third-order valence-corrected chi connectivity index (χ3v) is 3.12. The van der Waals surface area contributed by atoms with Crippen molar-refractivity contribution in [2.75, 3.05) is 13.1 Å². The Morgan fingerprint density at radius 2 is 1.92 bits per heavy atom. The normalized spacial score (nSPS) is 21.2. The van der Waals surface area contributed by atoms with E-state index >= 15 is 0 Å². The summed E-state index contributed by atoms with van der Waals surface area (Å²) in [6.07, 6.45) is 1.29. The highest BCUT2D eigenvalue weighted by atomic mass is 127. The van der Waals surface area contributed by atoms with Crippen LogP contribution in [-0.4, -0.2) is 13.1 Å². The van der Waals surface area contributed by atoms with Crippen molar-refractivity contribution in [2.45, 2.75) is 12.3 Å². The zero-order valence-electron chi connectivity index (χ0n) is 7.29. The van der Waals surface area contributed by atoms with Gasteiger partial charge in [0.1, 0.15) is 0 Å². The SMILES string of the molecule is Cl.Ic1ccc(C2CCNC2)cc1. The Morgan fingerprint density at radius 3 is 2.46 bits per heavy atom. The maximum Gasteiger partial charge on any atom is 0.0130 e. The predicted octanol–water partition coefficient (Wildman–Crippen LogP) is 2.79. The van der Waals surface area contributed by atoms with E-state index in [4.69, 9.17) is 0 Å². The van der Waals surface area contributed by atoms with Crippen molar-refractivity contribution in [3.8, 4) is 0 Å². The molecule has 72 valence electrons. The molecule has 1 aromatic rings. The summed E-state index contributed by atoms with van der Waals surface area (Å²) in [5.41, 5.74) is 1.49. The van der Waals surface area contributed by atoms with E-state index in [1.807, 2.05) is 0 Å². The molecule has 1 nitrogen and oxygen atoms in total. The van der Waals surface area contributed by atoms with E-state index < -0.39 is 0 Å². The van der Waals surface area contributed by atoms with E-state index in [0.717, 1.165) is 12.5 Å². The summed E-state index contributed by atoms with van der Waals surface area (Å²) < 4.78 is 1.32. The van der Waals surface area contributed by atoms with Gasteiger partial charge in [0.2, 0.25) is 0 Å². The van der Waals surface area contributed by atoms with Crippen LogP contribution in [0.15, 0.2) is 24.3 Å². The van der Waals surface area contributed by atoms with Gasteiger partial charge in [-0.25, -0.2) is 0 Å². The number of nitrogens with one attached hydrogen (secondary N) is 1. The summed E-state index contributed by atoms with van der Waals surface area (Å²) in [5, 5.41) is 3.38. The second kappa shape index (κ2) is 5.17. The van der Waals surface area contributed by atoms with Crippen LogP contribution in [-0.2, 0) is 0 Å². The molecule has 1 heterocycles. The van der Waals surface area contributed by atoms with Gasteiger partial charge in [-0.1, -0.05) is 12.1 Å². The molecule has 0 radical (unpaired) electrons. The topological polar surface area (TPSA) is 12.0 Å². The average Bonchev–Trinajstić information content (AvgIpc) is 2.58. The van der Waals surface area contributed by atoms with Crippen molar-refractivity contribution in [3.05, 3.63) is 33.4 Å². The Balaban J connectivity index is 0.000000845. The van der Waals surface area contributed by atoms with Gasteiger partial charge < -0.3 is 5.32 Å². The third kappa shape index (κ3) is 2.82. The minimum atomic E-state index is 0. The van der Waals surface area contributed by atoms with Crippen LogP contribution in [0, 0.1) is 3.57 Å². The fourth-order valence-corrected chi connectivity index (χ4v) is 2.03. The van der Waals surface area contributed by atoms with Crippen LogP contribution in [0.25, 0.3) is 0 Å². The van der Waals surface area contributed by atoms with Gasteiger partial charge in [0.15, 0.2) is 0 Å². The van der Waals surface area contributed by atoms with Crippen LogP contribution < -0.4 is 5.32 Å². The molecule has 0 aromatic heterocycles. The lowest BCUT2D eigenvalue weighted by Crippen LogP contribution is -2.07. The summed E-state index contributed by atoms with van der Waals surface area (Å²) in [4.78, 5) is 0. The predicted molar refractivity (Wildman–Crippen MR) is 66.6 cm³/mol. The lowest BCUT2D eigenvalue weighted by molar-refractivity contribution is 0.763. The van der Waals surface area contributed by atoms with Gasteiger partial charge in [-0.3, -0.25) is 0 Å². The second-order valence-electron chi connectivity index (χ2n) is 3.24. The van der Waals surface area contributed by atoms with Crippen molar-refractivity contribution in [1.82, 2.24) is 5.32 Å². The molecule has 1 saturated heterocycles. The van der Waals surface area contributed by atoms with E-state index in [-0.39, 0.29) is 12.4 Å². The van der Waals surface area contributed by atoms with Crippen molar-refractivity contribution in [1.29, 1.82) is 0 Å².